The van der Waals surface area contributed by atoms with Crippen molar-refractivity contribution in [2.75, 3.05) is 18.0 Å². The smallest absolute Gasteiger partial charge is 0.116 e. The van der Waals surface area contributed by atoms with Crippen molar-refractivity contribution in [3.63, 3.8) is 0 Å². The van der Waals surface area contributed by atoms with E-state index in [2.05, 4.69) is 17.0 Å². The van der Waals surface area contributed by atoms with Crippen LogP contribution < -0.4 is 10.2 Å². The van der Waals surface area contributed by atoms with Crippen LogP contribution in [0.1, 0.15) is 12.8 Å². The average Bonchev–Trinajstić information content (AvgIpc) is 2.71. The third-order valence-electron chi connectivity index (χ3n) is 2.52. The maximum Gasteiger partial charge on any atom is 0.116 e. The van der Waals surface area contributed by atoms with E-state index in [1.807, 2.05) is 12.1 Å². The first-order chi connectivity index (χ1) is 6.77. The lowest BCUT2D eigenvalue weighted by Gasteiger charge is -2.17. The van der Waals surface area contributed by atoms with Gasteiger partial charge in [0.15, 0.2) is 0 Å². The summed E-state index contributed by atoms with van der Waals surface area (Å²) in [6.07, 6.45) is 2.61. The molecule has 1 heterocycles. The van der Waals surface area contributed by atoms with Crippen LogP contribution in [-0.2, 0) is 0 Å². The lowest BCUT2D eigenvalue weighted by molar-refractivity contribution is 0.949. The lowest BCUT2D eigenvalue weighted by atomic mass is 10.3. The molecule has 0 aromatic heterocycles. The molecule has 0 spiro atoms. The van der Waals surface area contributed by atoms with E-state index in [9.17, 15) is 0 Å². The molecule has 1 aromatic carbocycles. The van der Waals surface area contributed by atoms with Gasteiger partial charge in [0.1, 0.15) is 6.63 Å². The molecule has 1 saturated heterocycles. The number of halogens is 2. The Morgan fingerprint density at radius 2 is 1.57 bits per heavy atom. The molecule has 0 saturated carbocycles. The van der Waals surface area contributed by atoms with E-state index >= 15 is 0 Å². The Morgan fingerprint density at radius 1 is 1.00 bits per heavy atom. The predicted molar refractivity (Wildman–Crippen MR) is 66.1 cm³/mol. The van der Waals surface area contributed by atoms with Crippen molar-refractivity contribution in [3.05, 3.63) is 24.3 Å². The van der Waals surface area contributed by atoms with Gasteiger partial charge in [0.05, 0.1) is 0 Å². The van der Waals surface area contributed by atoms with Crippen LogP contribution in [0.2, 0.25) is 0 Å². The molecule has 76 valence electrons. The van der Waals surface area contributed by atoms with Gasteiger partial charge in [-0.1, -0.05) is 34.6 Å². The number of hydrogen-bond donors (Lipinski definition) is 0. The molecule has 1 nitrogen and oxygen atoms in total. The second kappa shape index (κ2) is 4.70. The maximum absolute atomic E-state index is 5.83. The van der Waals surface area contributed by atoms with E-state index in [1.165, 1.54) is 31.6 Å². The van der Waals surface area contributed by atoms with E-state index < -0.39 is 6.63 Å². The molecule has 0 bridgehead atoms. The minimum atomic E-state index is -0.994. The normalized spacial score (nSPS) is 16.6. The van der Waals surface area contributed by atoms with Crippen molar-refractivity contribution in [1.82, 2.24) is 0 Å². The SMILES string of the molecule is ClP(Cl)c1ccc(N2CCCC2)cc1. The average molecular weight is 248 g/mol. The Bertz CT molecular complexity index is 293. The van der Waals surface area contributed by atoms with Gasteiger partial charge >= 0.3 is 0 Å². The number of hydrogen-bond acceptors (Lipinski definition) is 1. The van der Waals surface area contributed by atoms with Gasteiger partial charge in [-0.2, -0.15) is 0 Å². The highest BCUT2D eigenvalue weighted by atomic mass is 35.9. The Labute approximate surface area is 95.3 Å². The largest absolute Gasteiger partial charge is 0.372 e. The molecular formula is C10H12Cl2NP. The van der Waals surface area contributed by atoms with Crippen LogP contribution in [0.3, 0.4) is 0 Å². The third-order valence-corrected chi connectivity index (χ3v) is 4.38. The summed E-state index contributed by atoms with van der Waals surface area (Å²) in [5, 5.41) is 1.03. The van der Waals surface area contributed by atoms with Crippen molar-refractivity contribution >= 4 is 40.1 Å². The van der Waals surface area contributed by atoms with Crippen molar-refractivity contribution < 1.29 is 0 Å². The van der Waals surface area contributed by atoms with Crippen LogP contribution in [0.15, 0.2) is 24.3 Å². The van der Waals surface area contributed by atoms with Crippen LogP contribution >= 0.6 is 29.1 Å². The number of rotatable bonds is 2. The van der Waals surface area contributed by atoms with Crippen molar-refractivity contribution in [2.24, 2.45) is 0 Å². The standard InChI is InChI=1S/C10H12Cl2NP/c11-14(12)10-5-3-9(4-6-10)13-7-1-2-8-13/h3-6H,1-2,7-8H2. The highest BCUT2D eigenvalue weighted by molar-refractivity contribution is 8.08. The van der Waals surface area contributed by atoms with E-state index in [1.54, 1.807) is 0 Å². The summed E-state index contributed by atoms with van der Waals surface area (Å²) >= 11 is 11.7. The van der Waals surface area contributed by atoms with Gasteiger partial charge in [-0.25, -0.2) is 0 Å². The Balaban J connectivity index is 2.12. The van der Waals surface area contributed by atoms with E-state index in [-0.39, 0.29) is 0 Å². The first kappa shape index (κ1) is 10.5. The fraction of sp³-hybridized carbons (Fsp3) is 0.400. The van der Waals surface area contributed by atoms with E-state index in [4.69, 9.17) is 22.5 Å². The summed E-state index contributed by atoms with van der Waals surface area (Å²) in [5.41, 5.74) is 1.29. The molecule has 0 N–H and O–H groups in total. The minimum absolute atomic E-state index is 0.994. The monoisotopic (exact) mass is 247 g/mol. The number of benzene rings is 1. The van der Waals surface area contributed by atoms with Gasteiger partial charge in [-0.3, -0.25) is 0 Å². The summed E-state index contributed by atoms with van der Waals surface area (Å²) in [4.78, 5) is 2.40. The first-order valence-corrected chi connectivity index (χ1v) is 7.89. The number of nitrogens with zero attached hydrogens (tertiary/aromatic N) is 1. The summed E-state index contributed by atoms with van der Waals surface area (Å²) in [6, 6.07) is 8.28. The quantitative estimate of drug-likeness (QED) is 0.721. The molecule has 2 rings (SSSR count). The summed E-state index contributed by atoms with van der Waals surface area (Å²) in [6.45, 7) is 1.36. The molecule has 0 radical (unpaired) electrons. The van der Waals surface area contributed by atoms with E-state index in [0.717, 1.165) is 5.30 Å². The van der Waals surface area contributed by atoms with Gasteiger partial charge in [0.25, 0.3) is 0 Å². The molecule has 1 aliphatic rings. The highest BCUT2D eigenvalue weighted by Gasteiger charge is 2.12. The fourth-order valence-electron chi connectivity index (χ4n) is 1.75. The Hall–Kier alpha value is 0.0300. The van der Waals surface area contributed by atoms with Gasteiger partial charge in [-0.15, -0.1) is 0 Å². The van der Waals surface area contributed by atoms with Gasteiger partial charge < -0.3 is 4.90 Å². The number of anilines is 1. The molecule has 0 amide bonds. The van der Waals surface area contributed by atoms with Crippen LogP contribution in [-0.4, -0.2) is 13.1 Å². The molecule has 0 unspecified atom stereocenters. The van der Waals surface area contributed by atoms with Crippen LogP contribution in [0.4, 0.5) is 5.69 Å². The Morgan fingerprint density at radius 3 is 2.07 bits per heavy atom. The zero-order valence-electron chi connectivity index (χ0n) is 7.79. The molecule has 1 aromatic rings. The highest BCUT2D eigenvalue weighted by Crippen LogP contribution is 2.45. The molecule has 14 heavy (non-hydrogen) atoms. The second-order valence-corrected chi connectivity index (χ2v) is 6.97. The van der Waals surface area contributed by atoms with Crippen LogP contribution in [0, 0.1) is 0 Å². The van der Waals surface area contributed by atoms with Crippen LogP contribution in [0.25, 0.3) is 0 Å². The van der Waals surface area contributed by atoms with Gasteiger partial charge in [0.2, 0.25) is 0 Å². The summed E-state index contributed by atoms with van der Waals surface area (Å²) in [5.74, 6) is 0. The lowest BCUT2D eigenvalue weighted by Crippen LogP contribution is -2.17. The maximum atomic E-state index is 5.83. The molecule has 4 heteroatoms. The molecule has 0 atom stereocenters. The fourth-order valence-corrected chi connectivity index (χ4v) is 2.80. The van der Waals surface area contributed by atoms with Crippen molar-refractivity contribution in [1.29, 1.82) is 0 Å². The summed E-state index contributed by atoms with van der Waals surface area (Å²) < 4.78 is 0. The zero-order chi connectivity index (χ0) is 9.97. The van der Waals surface area contributed by atoms with Gasteiger partial charge in [0, 0.05) is 24.1 Å². The van der Waals surface area contributed by atoms with Crippen molar-refractivity contribution in [2.45, 2.75) is 12.8 Å². The Kier molecular flexibility index (Phi) is 3.54. The van der Waals surface area contributed by atoms with Gasteiger partial charge in [-0.05, 0) is 25.0 Å². The summed E-state index contributed by atoms with van der Waals surface area (Å²) in [7, 11) is 0. The topological polar surface area (TPSA) is 3.24 Å². The zero-order valence-corrected chi connectivity index (χ0v) is 10.2. The third kappa shape index (κ3) is 2.34. The second-order valence-electron chi connectivity index (χ2n) is 3.44. The molecule has 0 aliphatic carbocycles. The molecule has 1 aliphatic heterocycles. The van der Waals surface area contributed by atoms with Crippen LogP contribution in [0.5, 0.6) is 0 Å². The first-order valence-electron chi connectivity index (χ1n) is 4.74. The predicted octanol–water partition coefficient (Wildman–Crippen LogP) is 3.70. The van der Waals surface area contributed by atoms with E-state index in [0.29, 0.717) is 0 Å². The molecule has 1 fully saturated rings. The minimum Gasteiger partial charge on any atom is -0.372 e. The van der Waals surface area contributed by atoms with Crippen molar-refractivity contribution in [3.8, 4) is 0 Å². The molecular weight excluding hydrogens is 236 g/mol.